The van der Waals surface area contributed by atoms with Gasteiger partial charge in [-0.05, 0) is 44.4 Å². The Morgan fingerprint density at radius 2 is 2.11 bits per heavy atom. The summed E-state index contributed by atoms with van der Waals surface area (Å²) in [5, 5.41) is 7.01. The van der Waals surface area contributed by atoms with Crippen molar-refractivity contribution >= 4 is 11.7 Å². The van der Waals surface area contributed by atoms with Gasteiger partial charge in [-0.3, -0.25) is 4.79 Å². The van der Waals surface area contributed by atoms with E-state index in [-0.39, 0.29) is 17.5 Å². The Kier molecular flexibility index (Phi) is 5.95. The zero-order valence-corrected chi connectivity index (χ0v) is 15.4. The van der Waals surface area contributed by atoms with Crippen LogP contribution >= 0.6 is 0 Å². The number of ether oxygens (including phenoxy) is 1. The highest BCUT2D eigenvalue weighted by atomic mass is 19.1. The molecule has 0 radical (unpaired) electrons. The normalized spacial score (nSPS) is 10.9. The zero-order chi connectivity index (χ0) is 19.2. The molecule has 8 heteroatoms. The molecule has 7 nitrogen and oxygen atoms in total. The summed E-state index contributed by atoms with van der Waals surface area (Å²) in [6, 6.07) is 6.27. The van der Waals surface area contributed by atoms with Gasteiger partial charge in [-0.25, -0.2) is 13.9 Å². The van der Waals surface area contributed by atoms with Crippen molar-refractivity contribution in [1.82, 2.24) is 24.9 Å². The van der Waals surface area contributed by atoms with E-state index in [9.17, 15) is 9.18 Å². The van der Waals surface area contributed by atoms with Crippen LogP contribution in [-0.4, -0.2) is 38.6 Å². The average Bonchev–Trinajstić information content (AvgIpc) is 3.11. The van der Waals surface area contributed by atoms with Gasteiger partial charge >= 0.3 is 0 Å². The molecule has 3 aromatic rings. The van der Waals surface area contributed by atoms with Gasteiger partial charge in [-0.2, -0.15) is 10.1 Å². The summed E-state index contributed by atoms with van der Waals surface area (Å²) in [4.78, 5) is 20.6. The number of fused-ring (bicyclic) bond motifs is 1. The molecule has 0 aliphatic rings. The number of aromatic nitrogens is 4. The number of para-hydroxylation sites is 1. The fourth-order valence-corrected chi connectivity index (χ4v) is 2.89. The summed E-state index contributed by atoms with van der Waals surface area (Å²) in [6.45, 7) is 4.68. The lowest BCUT2D eigenvalue weighted by molar-refractivity contribution is -0.121. The first-order valence-electron chi connectivity index (χ1n) is 8.86. The third kappa shape index (κ3) is 4.58. The zero-order valence-electron chi connectivity index (χ0n) is 15.4. The molecule has 0 aliphatic heterocycles. The maximum atomic E-state index is 13.4. The molecule has 0 unspecified atom stereocenters. The van der Waals surface area contributed by atoms with Gasteiger partial charge in [0.1, 0.15) is 6.33 Å². The SMILES string of the molecule is Cc1nc2ncnn2c(C)c1CCC(=O)NCCCOc1ccccc1F. The Labute approximate surface area is 156 Å². The molecule has 0 saturated heterocycles. The van der Waals surface area contributed by atoms with Gasteiger partial charge in [-0.15, -0.1) is 0 Å². The van der Waals surface area contributed by atoms with Crippen LogP contribution in [0, 0.1) is 19.7 Å². The van der Waals surface area contributed by atoms with Crippen LogP contribution in [0.3, 0.4) is 0 Å². The molecule has 0 fully saturated rings. The van der Waals surface area contributed by atoms with Crippen molar-refractivity contribution in [2.75, 3.05) is 13.2 Å². The van der Waals surface area contributed by atoms with Crippen molar-refractivity contribution in [3.63, 3.8) is 0 Å². The Morgan fingerprint density at radius 1 is 1.30 bits per heavy atom. The lowest BCUT2D eigenvalue weighted by atomic mass is 10.1. The molecule has 0 atom stereocenters. The van der Waals surface area contributed by atoms with E-state index in [4.69, 9.17) is 4.74 Å². The summed E-state index contributed by atoms with van der Waals surface area (Å²) < 4.78 is 20.5. The van der Waals surface area contributed by atoms with E-state index in [0.29, 0.717) is 38.2 Å². The summed E-state index contributed by atoms with van der Waals surface area (Å²) in [5.41, 5.74) is 2.81. The van der Waals surface area contributed by atoms with Crippen LogP contribution in [0.25, 0.3) is 5.78 Å². The predicted octanol–water partition coefficient (Wildman–Crippen LogP) is 2.40. The highest BCUT2D eigenvalue weighted by molar-refractivity contribution is 5.76. The Balaban J connectivity index is 1.42. The number of rotatable bonds is 8. The minimum atomic E-state index is -0.384. The molecular weight excluding hydrogens is 349 g/mol. The number of aryl methyl sites for hydroxylation is 2. The maximum absolute atomic E-state index is 13.4. The van der Waals surface area contributed by atoms with Crippen LogP contribution in [0.4, 0.5) is 4.39 Å². The largest absolute Gasteiger partial charge is 0.490 e. The van der Waals surface area contributed by atoms with Crippen molar-refractivity contribution in [2.24, 2.45) is 0 Å². The lowest BCUT2D eigenvalue weighted by Crippen LogP contribution is -2.26. The van der Waals surface area contributed by atoms with Gasteiger partial charge < -0.3 is 10.1 Å². The molecule has 1 amide bonds. The maximum Gasteiger partial charge on any atom is 0.252 e. The Hall–Kier alpha value is -3.03. The van der Waals surface area contributed by atoms with E-state index < -0.39 is 0 Å². The van der Waals surface area contributed by atoms with E-state index in [0.717, 1.165) is 17.0 Å². The number of carbonyl (C=O) groups is 1. The summed E-state index contributed by atoms with van der Waals surface area (Å²) >= 11 is 0. The lowest BCUT2D eigenvalue weighted by Gasteiger charge is -2.11. The molecule has 142 valence electrons. The smallest absolute Gasteiger partial charge is 0.252 e. The van der Waals surface area contributed by atoms with Crippen LogP contribution in [-0.2, 0) is 11.2 Å². The number of nitrogens with zero attached hydrogens (tertiary/aromatic N) is 4. The molecule has 27 heavy (non-hydrogen) atoms. The van der Waals surface area contributed by atoms with Crippen LogP contribution in [0.2, 0.25) is 0 Å². The molecular formula is C19H22FN5O2. The Bertz CT molecular complexity index is 941. The second kappa shape index (κ2) is 8.57. The van der Waals surface area contributed by atoms with Crippen LogP contribution in [0.5, 0.6) is 5.75 Å². The topological polar surface area (TPSA) is 81.4 Å². The quantitative estimate of drug-likeness (QED) is 0.615. The molecule has 2 heterocycles. The van der Waals surface area contributed by atoms with Crippen molar-refractivity contribution in [3.8, 4) is 5.75 Å². The van der Waals surface area contributed by atoms with E-state index in [1.807, 2.05) is 13.8 Å². The van der Waals surface area contributed by atoms with Crippen molar-refractivity contribution in [3.05, 3.63) is 53.4 Å². The monoisotopic (exact) mass is 371 g/mol. The van der Waals surface area contributed by atoms with Gasteiger partial charge in [0.2, 0.25) is 5.91 Å². The third-order valence-electron chi connectivity index (χ3n) is 4.33. The van der Waals surface area contributed by atoms with Gasteiger partial charge in [0.15, 0.2) is 11.6 Å². The average molecular weight is 371 g/mol. The molecule has 0 aliphatic carbocycles. The van der Waals surface area contributed by atoms with E-state index in [1.165, 1.54) is 12.4 Å². The molecule has 1 aromatic carbocycles. The van der Waals surface area contributed by atoms with Crippen molar-refractivity contribution < 1.29 is 13.9 Å². The summed E-state index contributed by atoms with van der Waals surface area (Å²) in [6.07, 6.45) is 3.01. The van der Waals surface area contributed by atoms with E-state index in [2.05, 4.69) is 20.4 Å². The fourth-order valence-electron chi connectivity index (χ4n) is 2.89. The number of amides is 1. The highest BCUT2D eigenvalue weighted by Crippen LogP contribution is 2.16. The van der Waals surface area contributed by atoms with E-state index in [1.54, 1.807) is 22.7 Å². The van der Waals surface area contributed by atoms with Crippen molar-refractivity contribution in [1.29, 1.82) is 0 Å². The second-order valence-corrected chi connectivity index (χ2v) is 6.22. The molecule has 1 N–H and O–H groups in total. The molecule has 3 rings (SSSR count). The summed E-state index contributed by atoms with van der Waals surface area (Å²) in [7, 11) is 0. The van der Waals surface area contributed by atoms with Crippen LogP contribution < -0.4 is 10.1 Å². The van der Waals surface area contributed by atoms with E-state index >= 15 is 0 Å². The first-order chi connectivity index (χ1) is 13.1. The molecule has 2 aromatic heterocycles. The number of halogens is 1. The third-order valence-corrected chi connectivity index (χ3v) is 4.33. The van der Waals surface area contributed by atoms with Crippen LogP contribution in [0.1, 0.15) is 29.8 Å². The van der Waals surface area contributed by atoms with Crippen molar-refractivity contribution in [2.45, 2.75) is 33.1 Å². The minimum Gasteiger partial charge on any atom is -0.490 e. The Morgan fingerprint density at radius 3 is 2.93 bits per heavy atom. The number of nitrogens with one attached hydrogen (secondary N) is 1. The summed E-state index contributed by atoms with van der Waals surface area (Å²) in [5.74, 6) is 0.363. The van der Waals surface area contributed by atoms with Gasteiger partial charge in [0.05, 0.1) is 6.61 Å². The van der Waals surface area contributed by atoms with Gasteiger partial charge in [-0.1, -0.05) is 12.1 Å². The first kappa shape index (κ1) is 18.8. The number of hydrogen-bond donors (Lipinski definition) is 1. The molecule has 0 saturated carbocycles. The second-order valence-electron chi connectivity index (χ2n) is 6.22. The van der Waals surface area contributed by atoms with Crippen LogP contribution in [0.15, 0.2) is 30.6 Å². The standard InChI is InChI=1S/C19H22FN5O2/c1-13-15(14(2)25-19(24-13)22-12-23-25)8-9-18(26)21-10-5-11-27-17-7-4-3-6-16(17)20/h3-4,6-7,12H,5,8-11H2,1-2H3,(H,21,26). The number of benzene rings is 1. The number of carbonyl (C=O) groups excluding carboxylic acids is 1. The first-order valence-corrected chi connectivity index (χ1v) is 8.86. The highest BCUT2D eigenvalue weighted by Gasteiger charge is 2.12. The van der Waals surface area contributed by atoms with Gasteiger partial charge in [0, 0.05) is 24.4 Å². The minimum absolute atomic E-state index is 0.0432. The molecule has 0 bridgehead atoms. The fraction of sp³-hybridized carbons (Fsp3) is 0.368. The predicted molar refractivity (Wildman–Crippen MR) is 98.1 cm³/mol. The van der Waals surface area contributed by atoms with Gasteiger partial charge in [0.25, 0.3) is 5.78 Å². The molecule has 0 spiro atoms. The number of hydrogen-bond acceptors (Lipinski definition) is 5.